The normalized spacial score (nSPS) is 17.1. The van der Waals surface area contributed by atoms with Gasteiger partial charge in [-0.05, 0) is 12.5 Å². The Morgan fingerprint density at radius 1 is 1.57 bits per heavy atom. The van der Waals surface area contributed by atoms with Crippen LogP contribution in [0.4, 0.5) is 0 Å². The molecule has 1 radical (unpaired) electrons. The molecule has 1 heteroatoms. The van der Waals surface area contributed by atoms with Crippen molar-refractivity contribution in [3.8, 4) is 0 Å². The van der Waals surface area contributed by atoms with Gasteiger partial charge >= 0.3 is 0 Å². The lowest BCUT2D eigenvalue weighted by molar-refractivity contribution is 1.36. The van der Waals surface area contributed by atoms with E-state index in [1.165, 1.54) is 0 Å². The van der Waals surface area contributed by atoms with Crippen LogP contribution in [0.15, 0.2) is 23.2 Å². The molecule has 0 saturated heterocycles. The maximum absolute atomic E-state index is 3.75. The molecule has 0 aromatic heterocycles. The van der Waals surface area contributed by atoms with E-state index in [4.69, 9.17) is 0 Å². The van der Waals surface area contributed by atoms with Crippen LogP contribution in [0, 0.1) is 6.20 Å². The first-order chi connectivity index (χ1) is 3.50. The molecule has 0 amide bonds. The van der Waals surface area contributed by atoms with Gasteiger partial charge in [0.05, 0.1) is 6.20 Å². The van der Waals surface area contributed by atoms with Crippen LogP contribution < -0.4 is 0 Å². The van der Waals surface area contributed by atoms with E-state index in [1.807, 2.05) is 18.2 Å². The van der Waals surface area contributed by atoms with Crippen molar-refractivity contribution >= 4 is 6.21 Å². The van der Waals surface area contributed by atoms with Gasteiger partial charge in [0.25, 0.3) is 0 Å². The number of rotatable bonds is 0. The summed E-state index contributed by atoms with van der Waals surface area (Å²) in [5.41, 5.74) is 0. The predicted molar refractivity (Wildman–Crippen MR) is 30.1 cm³/mol. The van der Waals surface area contributed by atoms with E-state index in [0.29, 0.717) is 0 Å². The summed E-state index contributed by atoms with van der Waals surface area (Å²) in [5.74, 6) is 0. The lowest BCUT2D eigenvalue weighted by Gasteiger charge is -1.67. The van der Waals surface area contributed by atoms with Gasteiger partial charge < -0.3 is 0 Å². The van der Waals surface area contributed by atoms with Crippen LogP contribution in [0.5, 0.6) is 0 Å². The summed E-state index contributed by atoms with van der Waals surface area (Å²) in [7, 11) is 0. The van der Waals surface area contributed by atoms with Crippen molar-refractivity contribution in [2.75, 3.05) is 0 Å². The Bertz CT molecular complexity index is 106. The second-order valence-corrected chi connectivity index (χ2v) is 1.28. The molecule has 1 aliphatic heterocycles. The smallest absolute Gasteiger partial charge is 0.0846 e. The molecular weight excluding hydrogens is 86.1 g/mol. The Kier molecular flexibility index (Phi) is 1.44. The molecular formula is C6H6N. The molecule has 1 heterocycles. The zero-order valence-electron chi connectivity index (χ0n) is 3.96. The summed E-state index contributed by atoms with van der Waals surface area (Å²) in [5, 5.41) is 0. The Labute approximate surface area is 43.1 Å². The van der Waals surface area contributed by atoms with Crippen LogP contribution in [-0.4, -0.2) is 6.21 Å². The molecule has 0 aromatic carbocycles. The minimum absolute atomic E-state index is 0.958. The highest BCUT2D eigenvalue weighted by Gasteiger charge is 1.72. The third-order valence-electron chi connectivity index (χ3n) is 0.716. The molecule has 0 N–H and O–H groups in total. The third-order valence-corrected chi connectivity index (χ3v) is 0.716. The van der Waals surface area contributed by atoms with Gasteiger partial charge in [-0.15, -0.1) is 0 Å². The monoisotopic (exact) mass is 92.1 g/mol. The zero-order chi connectivity index (χ0) is 4.95. The van der Waals surface area contributed by atoms with Gasteiger partial charge in [-0.2, -0.15) is 0 Å². The van der Waals surface area contributed by atoms with E-state index in [9.17, 15) is 0 Å². The van der Waals surface area contributed by atoms with E-state index in [2.05, 4.69) is 11.2 Å². The van der Waals surface area contributed by atoms with E-state index in [-0.39, 0.29) is 0 Å². The molecule has 1 aliphatic rings. The highest BCUT2D eigenvalue weighted by Crippen LogP contribution is 1.87. The molecule has 0 fully saturated rings. The fourth-order valence-electron chi connectivity index (χ4n) is 0.399. The van der Waals surface area contributed by atoms with Gasteiger partial charge in [-0.25, -0.2) is 0 Å². The molecule has 0 bridgehead atoms. The molecule has 0 aliphatic carbocycles. The van der Waals surface area contributed by atoms with E-state index >= 15 is 0 Å². The van der Waals surface area contributed by atoms with E-state index in [0.717, 1.165) is 6.42 Å². The maximum Gasteiger partial charge on any atom is 0.0846 e. The highest BCUT2D eigenvalue weighted by molar-refractivity contribution is 5.71. The Balaban J connectivity index is 2.60. The quantitative estimate of drug-likeness (QED) is 0.427. The average molecular weight is 92.1 g/mol. The van der Waals surface area contributed by atoms with Gasteiger partial charge in [0.1, 0.15) is 0 Å². The SMILES string of the molecule is [C]1=CCC=CC=N1. The van der Waals surface area contributed by atoms with Crippen LogP contribution in [0.25, 0.3) is 0 Å². The Morgan fingerprint density at radius 2 is 2.57 bits per heavy atom. The van der Waals surface area contributed by atoms with Gasteiger partial charge in [0.2, 0.25) is 0 Å². The number of hydrogen-bond acceptors (Lipinski definition) is 1. The van der Waals surface area contributed by atoms with Crippen LogP contribution in [0.2, 0.25) is 0 Å². The fraction of sp³-hybridized carbons (Fsp3) is 0.167. The van der Waals surface area contributed by atoms with Crippen LogP contribution in [-0.2, 0) is 0 Å². The molecule has 0 atom stereocenters. The van der Waals surface area contributed by atoms with Crippen molar-refractivity contribution < 1.29 is 0 Å². The minimum atomic E-state index is 0.958. The molecule has 35 valence electrons. The standard InChI is InChI=1S/C6H6N/c1-2-4-6-7-5-3-1/h1,3-5H,2H2. The second kappa shape index (κ2) is 2.35. The second-order valence-electron chi connectivity index (χ2n) is 1.28. The van der Waals surface area contributed by atoms with Gasteiger partial charge in [0, 0.05) is 6.21 Å². The van der Waals surface area contributed by atoms with Crippen molar-refractivity contribution in [2.45, 2.75) is 6.42 Å². The summed E-state index contributed by atoms with van der Waals surface area (Å²) in [6, 6.07) is 0. The van der Waals surface area contributed by atoms with Crippen LogP contribution in [0.3, 0.4) is 0 Å². The topological polar surface area (TPSA) is 12.4 Å². The lowest BCUT2D eigenvalue weighted by atomic mass is 10.4. The van der Waals surface area contributed by atoms with Crippen molar-refractivity contribution in [1.82, 2.24) is 0 Å². The molecule has 7 heavy (non-hydrogen) atoms. The van der Waals surface area contributed by atoms with Crippen molar-refractivity contribution in [2.24, 2.45) is 4.99 Å². The summed E-state index contributed by atoms with van der Waals surface area (Å²) in [6.45, 7) is 0. The zero-order valence-corrected chi connectivity index (χ0v) is 3.96. The number of nitrogens with zero attached hydrogens (tertiary/aromatic N) is 1. The first-order valence-corrected chi connectivity index (χ1v) is 2.25. The number of aliphatic imine (C=N–C) groups is 1. The first-order valence-electron chi connectivity index (χ1n) is 2.25. The lowest BCUT2D eigenvalue weighted by Crippen LogP contribution is -1.54. The minimum Gasteiger partial charge on any atom is -0.255 e. The van der Waals surface area contributed by atoms with Crippen LogP contribution in [0.1, 0.15) is 6.42 Å². The van der Waals surface area contributed by atoms with Gasteiger partial charge in [-0.3, -0.25) is 4.99 Å². The molecule has 0 spiro atoms. The summed E-state index contributed by atoms with van der Waals surface area (Å²) in [4.78, 5) is 3.75. The summed E-state index contributed by atoms with van der Waals surface area (Å²) in [6.07, 6.45) is 11.2. The van der Waals surface area contributed by atoms with Crippen LogP contribution >= 0.6 is 0 Å². The fourth-order valence-corrected chi connectivity index (χ4v) is 0.399. The van der Waals surface area contributed by atoms with Crippen molar-refractivity contribution in [3.63, 3.8) is 0 Å². The average Bonchev–Trinajstić information content (AvgIpc) is 1.90. The molecule has 0 aromatic rings. The Hall–Kier alpha value is -0.850. The number of hydrogen-bond donors (Lipinski definition) is 0. The molecule has 1 rings (SSSR count). The van der Waals surface area contributed by atoms with Gasteiger partial charge in [0.15, 0.2) is 0 Å². The third kappa shape index (κ3) is 1.35. The van der Waals surface area contributed by atoms with Gasteiger partial charge in [-0.1, -0.05) is 12.2 Å². The van der Waals surface area contributed by atoms with Crippen molar-refractivity contribution in [3.05, 3.63) is 24.4 Å². The first kappa shape index (κ1) is 4.31. The van der Waals surface area contributed by atoms with Crippen molar-refractivity contribution in [1.29, 1.82) is 0 Å². The molecule has 0 unspecified atom stereocenters. The van der Waals surface area contributed by atoms with E-state index < -0.39 is 0 Å². The largest absolute Gasteiger partial charge is 0.255 e. The molecule has 0 saturated carbocycles. The molecule has 1 nitrogen and oxygen atoms in total. The Morgan fingerprint density at radius 3 is 3.57 bits per heavy atom. The maximum atomic E-state index is 3.75. The number of allylic oxidation sites excluding steroid dienone is 3. The highest BCUT2D eigenvalue weighted by atomic mass is 14.7. The predicted octanol–water partition coefficient (Wildman–Crippen LogP) is 1.33. The summed E-state index contributed by atoms with van der Waals surface area (Å²) < 4.78 is 0. The van der Waals surface area contributed by atoms with E-state index in [1.54, 1.807) is 6.21 Å². The summed E-state index contributed by atoms with van der Waals surface area (Å²) >= 11 is 0.